The Morgan fingerprint density at radius 1 is 1.29 bits per heavy atom. The summed E-state index contributed by atoms with van der Waals surface area (Å²) in [7, 11) is -1.91. The van der Waals surface area contributed by atoms with Gasteiger partial charge in [-0.05, 0) is 56.5 Å². The molecule has 1 unspecified atom stereocenters. The molecule has 1 amide bonds. The molecule has 0 N–H and O–H groups in total. The van der Waals surface area contributed by atoms with E-state index in [9.17, 15) is 13.2 Å². The van der Waals surface area contributed by atoms with Crippen molar-refractivity contribution >= 4 is 38.9 Å². The van der Waals surface area contributed by atoms with Gasteiger partial charge in [0, 0.05) is 30.1 Å². The maximum Gasteiger partial charge on any atom is 0.254 e. The van der Waals surface area contributed by atoms with Crippen molar-refractivity contribution in [2.24, 2.45) is 0 Å². The first-order valence-corrected chi connectivity index (χ1v) is 12.0. The molecule has 0 aliphatic carbocycles. The van der Waals surface area contributed by atoms with E-state index in [-0.39, 0.29) is 16.8 Å². The SMILES string of the molecule is Cc1ccc(S(=O)(=O)N2CCCCC2C)cc1C(=O)N(C)Cc1ccc(Cl)s1. The normalized spacial score (nSPS) is 18.2. The molecule has 0 radical (unpaired) electrons. The number of rotatable bonds is 5. The van der Waals surface area contributed by atoms with E-state index < -0.39 is 10.0 Å². The van der Waals surface area contributed by atoms with Crippen LogP contribution in [0.1, 0.15) is 47.0 Å². The summed E-state index contributed by atoms with van der Waals surface area (Å²) in [5, 5.41) is 0. The Bertz CT molecular complexity index is 972. The maximum atomic E-state index is 13.1. The molecule has 2 heterocycles. The summed E-state index contributed by atoms with van der Waals surface area (Å²) in [6.45, 7) is 4.72. The van der Waals surface area contributed by atoms with Crippen molar-refractivity contribution in [3.05, 3.63) is 50.7 Å². The maximum absolute atomic E-state index is 13.1. The first-order chi connectivity index (χ1) is 13.2. The number of hydrogen-bond acceptors (Lipinski definition) is 4. The molecular weight excluding hydrogens is 416 g/mol. The van der Waals surface area contributed by atoms with Crippen LogP contribution in [0.3, 0.4) is 0 Å². The Morgan fingerprint density at radius 2 is 2.04 bits per heavy atom. The van der Waals surface area contributed by atoms with Crippen molar-refractivity contribution in [3.8, 4) is 0 Å². The summed E-state index contributed by atoms with van der Waals surface area (Å²) in [6, 6.07) is 8.50. The lowest BCUT2D eigenvalue weighted by molar-refractivity contribution is 0.0785. The summed E-state index contributed by atoms with van der Waals surface area (Å²) in [5.74, 6) is -0.203. The van der Waals surface area contributed by atoms with Gasteiger partial charge in [0.25, 0.3) is 5.91 Å². The third-order valence-electron chi connectivity index (χ3n) is 5.16. The molecule has 1 saturated heterocycles. The highest BCUT2D eigenvalue weighted by Crippen LogP contribution is 2.27. The van der Waals surface area contributed by atoms with E-state index in [2.05, 4.69) is 0 Å². The van der Waals surface area contributed by atoms with Gasteiger partial charge in [0.2, 0.25) is 10.0 Å². The Labute approximate surface area is 176 Å². The molecule has 1 aliphatic rings. The van der Waals surface area contributed by atoms with Gasteiger partial charge in [-0.2, -0.15) is 4.31 Å². The van der Waals surface area contributed by atoms with Crippen LogP contribution in [0.25, 0.3) is 0 Å². The number of halogens is 1. The van der Waals surface area contributed by atoms with Crippen LogP contribution in [0.15, 0.2) is 35.2 Å². The lowest BCUT2D eigenvalue weighted by Crippen LogP contribution is -2.42. The molecule has 0 saturated carbocycles. The van der Waals surface area contributed by atoms with E-state index in [1.54, 1.807) is 34.5 Å². The second-order valence-electron chi connectivity index (χ2n) is 7.30. The fourth-order valence-electron chi connectivity index (χ4n) is 3.50. The predicted octanol–water partition coefficient (Wildman–Crippen LogP) is 4.55. The molecular formula is C20H25ClN2O3S2. The number of hydrogen-bond donors (Lipinski definition) is 0. The standard InChI is InChI=1S/C20H25ClN2O3S2/c1-14-7-9-17(28(25,26)23-11-5-4-6-15(23)2)12-18(14)20(24)22(3)13-16-8-10-19(21)27-16/h7-10,12,15H,4-6,11,13H2,1-3H3. The van der Waals surface area contributed by atoms with Crippen molar-refractivity contribution in [1.29, 1.82) is 0 Å². The van der Waals surface area contributed by atoms with E-state index in [0.717, 1.165) is 29.7 Å². The van der Waals surface area contributed by atoms with Crippen LogP contribution in [0.5, 0.6) is 0 Å². The number of carbonyl (C=O) groups is 1. The van der Waals surface area contributed by atoms with Gasteiger partial charge >= 0.3 is 0 Å². The fourth-order valence-corrected chi connectivity index (χ4v) is 6.37. The number of sulfonamides is 1. The second-order valence-corrected chi connectivity index (χ2v) is 11.0. The average molecular weight is 441 g/mol. The Morgan fingerprint density at radius 3 is 2.68 bits per heavy atom. The Balaban J connectivity index is 1.87. The van der Waals surface area contributed by atoms with E-state index in [1.165, 1.54) is 17.4 Å². The highest BCUT2D eigenvalue weighted by atomic mass is 35.5. The summed E-state index contributed by atoms with van der Waals surface area (Å²) < 4.78 is 28.5. The Kier molecular flexibility index (Phi) is 6.49. The molecule has 1 atom stereocenters. The molecule has 2 aromatic rings. The minimum atomic E-state index is -3.62. The summed E-state index contributed by atoms with van der Waals surface area (Å²) in [6.07, 6.45) is 2.78. The molecule has 152 valence electrons. The molecule has 5 nitrogen and oxygen atoms in total. The van der Waals surface area contributed by atoms with Crippen molar-refractivity contribution in [2.45, 2.75) is 50.6 Å². The molecule has 1 aromatic carbocycles. The van der Waals surface area contributed by atoms with Crippen LogP contribution in [-0.4, -0.2) is 43.2 Å². The van der Waals surface area contributed by atoms with Gasteiger partial charge in [0.1, 0.15) is 0 Å². The summed E-state index contributed by atoms with van der Waals surface area (Å²) >= 11 is 7.39. The number of nitrogens with zero attached hydrogens (tertiary/aromatic N) is 2. The molecule has 1 fully saturated rings. The lowest BCUT2D eigenvalue weighted by atomic mass is 10.1. The molecule has 1 aromatic heterocycles. The number of carbonyl (C=O) groups excluding carboxylic acids is 1. The van der Waals surface area contributed by atoms with Crippen LogP contribution < -0.4 is 0 Å². The number of aryl methyl sites for hydroxylation is 1. The van der Waals surface area contributed by atoms with Gasteiger partial charge in [-0.1, -0.05) is 24.1 Å². The first-order valence-electron chi connectivity index (χ1n) is 9.32. The van der Waals surface area contributed by atoms with Gasteiger partial charge in [-0.25, -0.2) is 8.42 Å². The number of piperidine rings is 1. The topological polar surface area (TPSA) is 57.7 Å². The van der Waals surface area contributed by atoms with Gasteiger partial charge in [0.05, 0.1) is 15.8 Å². The van der Waals surface area contributed by atoms with Crippen LogP contribution in [0.2, 0.25) is 4.34 Å². The lowest BCUT2D eigenvalue weighted by Gasteiger charge is -2.32. The van der Waals surface area contributed by atoms with Crippen molar-refractivity contribution in [3.63, 3.8) is 0 Å². The van der Waals surface area contributed by atoms with Crippen LogP contribution in [0, 0.1) is 6.92 Å². The van der Waals surface area contributed by atoms with E-state index in [0.29, 0.717) is 23.0 Å². The number of amides is 1. The highest BCUT2D eigenvalue weighted by Gasteiger charge is 2.31. The van der Waals surface area contributed by atoms with Crippen molar-refractivity contribution in [2.75, 3.05) is 13.6 Å². The number of thiophene rings is 1. The average Bonchev–Trinajstić information content (AvgIpc) is 3.06. The van der Waals surface area contributed by atoms with Crippen LogP contribution in [0.4, 0.5) is 0 Å². The smallest absolute Gasteiger partial charge is 0.254 e. The Hall–Kier alpha value is -1.41. The molecule has 28 heavy (non-hydrogen) atoms. The largest absolute Gasteiger partial charge is 0.337 e. The second kappa shape index (κ2) is 8.53. The zero-order chi connectivity index (χ0) is 20.5. The zero-order valence-electron chi connectivity index (χ0n) is 16.3. The third-order valence-corrected chi connectivity index (χ3v) is 8.38. The van der Waals surface area contributed by atoms with Crippen molar-refractivity contribution in [1.82, 2.24) is 9.21 Å². The highest BCUT2D eigenvalue weighted by molar-refractivity contribution is 7.89. The van der Waals surface area contributed by atoms with Crippen molar-refractivity contribution < 1.29 is 13.2 Å². The van der Waals surface area contributed by atoms with Crippen LogP contribution >= 0.6 is 22.9 Å². The molecule has 8 heteroatoms. The molecule has 3 rings (SSSR count). The monoisotopic (exact) mass is 440 g/mol. The van der Waals surface area contributed by atoms with Gasteiger partial charge in [0.15, 0.2) is 0 Å². The predicted molar refractivity (Wildman–Crippen MR) is 114 cm³/mol. The zero-order valence-corrected chi connectivity index (χ0v) is 18.7. The summed E-state index contributed by atoms with van der Waals surface area (Å²) in [5.41, 5.74) is 1.17. The quantitative estimate of drug-likeness (QED) is 0.685. The first kappa shape index (κ1) is 21.3. The fraction of sp³-hybridized carbons (Fsp3) is 0.450. The van der Waals surface area contributed by atoms with Gasteiger partial charge in [-0.3, -0.25) is 4.79 Å². The summed E-state index contributed by atoms with van der Waals surface area (Å²) in [4.78, 5) is 15.7. The minimum Gasteiger partial charge on any atom is -0.337 e. The van der Waals surface area contributed by atoms with E-state index in [1.807, 2.05) is 19.9 Å². The van der Waals surface area contributed by atoms with Crippen LogP contribution in [-0.2, 0) is 16.6 Å². The number of benzene rings is 1. The van der Waals surface area contributed by atoms with E-state index in [4.69, 9.17) is 11.6 Å². The van der Waals surface area contributed by atoms with Gasteiger partial charge in [-0.15, -0.1) is 11.3 Å². The molecule has 0 spiro atoms. The van der Waals surface area contributed by atoms with Gasteiger partial charge < -0.3 is 4.90 Å². The molecule has 0 bridgehead atoms. The third kappa shape index (κ3) is 4.43. The van der Waals surface area contributed by atoms with E-state index >= 15 is 0 Å². The molecule has 1 aliphatic heterocycles. The minimum absolute atomic E-state index is 0.0227.